The Balaban J connectivity index is 2.09. The highest BCUT2D eigenvalue weighted by Crippen LogP contribution is 2.30. The molecular formula is C12H17NO3. The second kappa shape index (κ2) is 3.94. The summed E-state index contributed by atoms with van der Waals surface area (Å²) in [5.74, 6) is 0.524. The number of aliphatic hydroxyl groups is 1. The van der Waals surface area contributed by atoms with Crippen LogP contribution < -0.4 is 0 Å². The Hall–Kier alpha value is -1.29. The number of nitrogens with zero attached hydrogens (tertiary/aromatic N) is 1. The van der Waals surface area contributed by atoms with Crippen LogP contribution in [0.2, 0.25) is 0 Å². The van der Waals surface area contributed by atoms with E-state index in [1.165, 1.54) is 13.8 Å². The summed E-state index contributed by atoms with van der Waals surface area (Å²) in [5.41, 5.74) is -1.31. The summed E-state index contributed by atoms with van der Waals surface area (Å²) in [6.45, 7) is 3.49. The first-order valence-corrected chi connectivity index (χ1v) is 5.54. The maximum Gasteiger partial charge on any atom is 0.254 e. The third-order valence-corrected chi connectivity index (χ3v) is 2.68. The second-order valence-corrected chi connectivity index (χ2v) is 4.80. The molecule has 0 atom stereocenters. The average molecular weight is 223 g/mol. The fourth-order valence-corrected chi connectivity index (χ4v) is 1.67. The average Bonchev–Trinajstić information content (AvgIpc) is 2.90. The topological polar surface area (TPSA) is 53.7 Å². The van der Waals surface area contributed by atoms with Crippen LogP contribution in [-0.2, 0) is 11.3 Å². The Kier molecular flexibility index (Phi) is 2.76. The zero-order valence-electron chi connectivity index (χ0n) is 9.64. The van der Waals surface area contributed by atoms with Crippen molar-refractivity contribution in [2.24, 2.45) is 0 Å². The van der Waals surface area contributed by atoms with Crippen molar-refractivity contribution in [1.82, 2.24) is 4.90 Å². The van der Waals surface area contributed by atoms with Gasteiger partial charge in [0.25, 0.3) is 5.91 Å². The molecule has 1 heterocycles. The maximum atomic E-state index is 12.0. The maximum absolute atomic E-state index is 12.0. The lowest BCUT2D eigenvalue weighted by Gasteiger charge is -2.27. The lowest BCUT2D eigenvalue weighted by Crippen LogP contribution is -2.45. The SMILES string of the molecule is CC(C)(O)C(=O)N(Cc1ccco1)C1CC1. The minimum atomic E-state index is -1.31. The number of carbonyl (C=O) groups is 1. The van der Waals surface area contributed by atoms with Crippen molar-refractivity contribution in [3.63, 3.8) is 0 Å². The fraction of sp³-hybridized carbons (Fsp3) is 0.583. The Labute approximate surface area is 94.9 Å². The van der Waals surface area contributed by atoms with Gasteiger partial charge in [-0.05, 0) is 38.8 Å². The predicted octanol–water partition coefficient (Wildman–Crippen LogP) is 1.54. The molecule has 4 nitrogen and oxygen atoms in total. The van der Waals surface area contributed by atoms with Gasteiger partial charge >= 0.3 is 0 Å². The highest BCUT2D eigenvalue weighted by atomic mass is 16.3. The third-order valence-electron chi connectivity index (χ3n) is 2.68. The molecule has 1 aliphatic rings. The van der Waals surface area contributed by atoms with Gasteiger partial charge in [-0.25, -0.2) is 0 Å². The lowest BCUT2D eigenvalue weighted by atomic mass is 10.1. The largest absolute Gasteiger partial charge is 0.467 e. The smallest absolute Gasteiger partial charge is 0.254 e. The summed E-state index contributed by atoms with van der Waals surface area (Å²) in [4.78, 5) is 13.7. The molecule has 1 N–H and O–H groups in total. The fourth-order valence-electron chi connectivity index (χ4n) is 1.67. The number of hydrogen-bond donors (Lipinski definition) is 1. The van der Waals surface area contributed by atoms with Gasteiger partial charge in [-0.3, -0.25) is 4.79 Å². The van der Waals surface area contributed by atoms with Crippen molar-refractivity contribution in [2.45, 2.75) is 44.9 Å². The molecule has 1 amide bonds. The zero-order valence-corrected chi connectivity index (χ0v) is 9.64. The molecule has 1 aromatic heterocycles. The normalized spacial score (nSPS) is 16.2. The van der Waals surface area contributed by atoms with Gasteiger partial charge in [0.2, 0.25) is 0 Å². The van der Waals surface area contributed by atoms with E-state index in [0.717, 1.165) is 18.6 Å². The van der Waals surface area contributed by atoms with E-state index in [0.29, 0.717) is 6.54 Å². The molecule has 0 bridgehead atoms. The summed E-state index contributed by atoms with van der Waals surface area (Å²) in [6.07, 6.45) is 3.63. The van der Waals surface area contributed by atoms with E-state index in [1.54, 1.807) is 17.2 Å². The Morgan fingerprint density at radius 2 is 2.31 bits per heavy atom. The van der Waals surface area contributed by atoms with Gasteiger partial charge in [0.05, 0.1) is 12.8 Å². The van der Waals surface area contributed by atoms with Crippen LogP contribution in [0.15, 0.2) is 22.8 Å². The van der Waals surface area contributed by atoms with Gasteiger partial charge in [0, 0.05) is 6.04 Å². The predicted molar refractivity (Wildman–Crippen MR) is 58.6 cm³/mol. The van der Waals surface area contributed by atoms with Gasteiger partial charge in [-0.1, -0.05) is 0 Å². The molecule has 0 spiro atoms. The summed E-state index contributed by atoms with van der Waals surface area (Å²) < 4.78 is 5.23. The standard InChI is InChI=1S/C12H17NO3/c1-12(2,15)11(14)13(9-5-6-9)8-10-4-3-7-16-10/h3-4,7,9,15H,5-6,8H2,1-2H3. The van der Waals surface area contributed by atoms with Crippen LogP contribution in [0.1, 0.15) is 32.4 Å². The second-order valence-electron chi connectivity index (χ2n) is 4.80. The molecule has 1 saturated carbocycles. The molecule has 0 aromatic carbocycles. The molecule has 2 rings (SSSR count). The first-order valence-electron chi connectivity index (χ1n) is 5.54. The van der Waals surface area contributed by atoms with Crippen molar-refractivity contribution >= 4 is 5.91 Å². The van der Waals surface area contributed by atoms with Crippen molar-refractivity contribution in [3.05, 3.63) is 24.2 Å². The quantitative estimate of drug-likeness (QED) is 0.842. The third kappa shape index (κ3) is 2.44. The van der Waals surface area contributed by atoms with E-state index in [4.69, 9.17) is 4.42 Å². The van der Waals surface area contributed by atoms with Gasteiger partial charge < -0.3 is 14.4 Å². The minimum Gasteiger partial charge on any atom is -0.467 e. The van der Waals surface area contributed by atoms with Crippen molar-refractivity contribution in [1.29, 1.82) is 0 Å². The van der Waals surface area contributed by atoms with Crippen LogP contribution in [0.25, 0.3) is 0 Å². The molecule has 0 saturated heterocycles. The van der Waals surface area contributed by atoms with Crippen molar-refractivity contribution in [3.8, 4) is 0 Å². The first kappa shape index (κ1) is 11.2. The Morgan fingerprint density at radius 3 is 2.75 bits per heavy atom. The molecule has 1 fully saturated rings. The van der Waals surface area contributed by atoms with E-state index in [9.17, 15) is 9.90 Å². The number of furan rings is 1. The van der Waals surface area contributed by atoms with Gasteiger partial charge in [-0.2, -0.15) is 0 Å². The van der Waals surface area contributed by atoms with Crippen LogP contribution in [0, 0.1) is 0 Å². The summed E-state index contributed by atoms with van der Waals surface area (Å²) >= 11 is 0. The van der Waals surface area contributed by atoms with E-state index in [-0.39, 0.29) is 11.9 Å². The number of hydrogen-bond acceptors (Lipinski definition) is 3. The number of carbonyl (C=O) groups excluding carboxylic acids is 1. The van der Waals surface area contributed by atoms with E-state index in [1.807, 2.05) is 6.07 Å². The molecule has 4 heteroatoms. The number of amides is 1. The summed E-state index contributed by atoms with van der Waals surface area (Å²) in [7, 11) is 0. The van der Waals surface area contributed by atoms with Crippen LogP contribution in [0.4, 0.5) is 0 Å². The van der Waals surface area contributed by atoms with Gasteiger partial charge in [-0.15, -0.1) is 0 Å². The molecule has 1 aromatic rings. The Morgan fingerprint density at radius 1 is 1.62 bits per heavy atom. The molecule has 0 aliphatic heterocycles. The zero-order chi connectivity index (χ0) is 11.8. The summed E-state index contributed by atoms with van der Waals surface area (Å²) in [5, 5.41) is 9.74. The minimum absolute atomic E-state index is 0.230. The van der Waals surface area contributed by atoms with Crippen LogP contribution in [0.3, 0.4) is 0 Å². The summed E-state index contributed by atoms with van der Waals surface area (Å²) in [6, 6.07) is 3.91. The monoisotopic (exact) mass is 223 g/mol. The highest BCUT2D eigenvalue weighted by molar-refractivity contribution is 5.84. The van der Waals surface area contributed by atoms with E-state index in [2.05, 4.69) is 0 Å². The van der Waals surface area contributed by atoms with Crippen molar-refractivity contribution < 1.29 is 14.3 Å². The van der Waals surface area contributed by atoms with E-state index < -0.39 is 5.60 Å². The van der Waals surface area contributed by atoms with Gasteiger partial charge in [0.1, 0.15) is 11.4 Å². The van der Waals surface area contributed by atoms with Gasteiger partial charge in [0.15, 0.2) is 0 Å². The molecular weight excluding hydrogens is 206 g/mol. The molecule has 16 heavy (non-hydrogen) atoms. The molecule has 1 aliphatic carbocycles. The molecule has 88 valence electrons. The molecule has 0 unspecified atom stereocenters. The number of rotatable bonds is 4. The van der Waals surface area contributed by atoms with Crippen molar-refractivity contribution in [2.75, 3.05) is 0 Å². The van der Waals surface area contributed by atoms with Crippen LogP contribution in [-0.4, -0.2) is 27.6 Å². The lowest BCUT2D eigenvalue weighted by molar-refractivity contribution is -0.149. The first-order chi connectivity index (χ1) is 7.48. The highest BCUT2D eigenvalue weighted by Gasteiger charge is 2.38. The van der Waals surface area contributed by atoms with Crippen LogP contribution in [0.5, 0.6) is 0 Å². The Bertz CT molecular complexity index is 360. The van der Waals surface area contributed by atoms with Crippen LogP contribution >= 0.6 is 0 Å². The van der Waals surface area contributed by atoms with E-state index >= 15 is 0 Å². The molecule has 0 radical (unpaired) electrons.